The Balaban J connectivity index is 1.53. The van der Waals surface area contributed by atoms with Crippen LogP contribution in [-0.2, 0) is 21.4 Å². The topological polar surface area (TPSA) is 105 Å². The fourth-order valence-electron chi connectivity index (χ4n) is 5.37. The molecular formula is C28H33N5O4S. The van der Waals surface area contributed by atoms with E-state index in [0.717, 1.165) is 39.2 Å². The Bertz CT molecular complexity index is 1510. The number of likely N-dealkylation sites (N-methyl/N-ethyl adjacent to an activating group) is 1. The molecule has 0 radical (unpaired) electrons. The second-order valence-electron chi connectivity index (χ2n) is 10.0. The minimum absolute atomic E-state index is 0.0778. The summed E-state index contributed by atoms with van der Waals surface area (Å²) in [5.74, 6) is -1.28. The molecule has 38 heavy (non-hydrogen) atoms. The maximum atomic E-state index is 13.7. The summed E-state index contributed by atoms with van der Waals surface area (Å²) in [7, 11) is 0.100. The number of sulfonamides is 1. The molecule has 0 saturated carbocycles. The third-order valence-corrected chi connectivity index (χ3v) is 9.54. The molecule has 0 saturated heterocycles. The summed E-state index contributed by atoms with van der Waals surface area (Å²) >= 11 is 0. The Morgan fingerprint density at radius 3 is 2.55 bits per heavy atom. The third kappa shape index (κ3) is 4.59. The molecule has 10 heteroatoms. The van der Waals surface area contributed by atoms with Crippen molar-refractivity contribution in [1.82, 2.24) is 9.84 Å². The fraction of sp³-hybridized carbons (Fsp3) is 0.321. The van der Waals surface area contributed by atoms with Crippen molar-refractivity contribution in [2.45, 2.75) is 37.6 Å². The molecular weight excluding hydrogens is 502 g/mol. The average Bonchev–Trinajstić information content (AvgIpc) is 3.23. The molecule has 0 aromatic heterocycles. The first-order valence-corrected chi connectivity index (χ1v) is 14.0. The van der Waals surface area contributed by atoms with E-state index in [1.807, 2.05) is 80.3 Å². The van der Waals surface area contributed by atoms with Crippen molar-refractivity contribution in [3.05, 3.63) is 82.4 Å². The van der Waals surface area contributed by atoms with Crippen LogP contribution < -0.4 is 20.9 Å². The van der Waals surface area contributed by atoms with Crippen LogP contribution in [0.1, 0.15) is 40.2 Å². The number of hydrazine groups is 2. The van der Waals surface area contributed by atoms with Crippen molar-refractivity contribution in [3.8, 4) is 0 Å². The summed E-state index contributed by atoms with van der Waals surface area (Å²) < 4.78 is 28.8. The van der Waals surface area contributed by atoms with E-state index >= 15 is 0 Å². The highest BCUT2D eigenvalue weighted by Gasteiger charge is 2.32. The van der Waals surface area contributed by atoms with E-state index in [9.17, 15) is 18.3 Å². The number of carboxylic acid groups (broad SMARTS) is 1. The zero-order valence-corrected chi connectivity index (χ0v) is 22.8. The first-order chi connectivity index (χ1) is 18.1. The Kier molecular flexibility index (Phi) is 6.81. The highest BCUT2D eigenvalue weighted by Crippen LogP contribution is 2.40. The first kappa shape index (κ1) is 26.0. The number of aryl methyl sites for hydroxylation is 1. The molecule has 1 unspecified atom stereocenters. The number of para-hydroxylation sites is 1. The molecule has 0 aliphatic carbocycles. The monoisotopic (exact) mass is 535 g/mol. The molecule has 5 rings (SSSR count). The number of nitrogens with zero attached hydrogens (tertiary/aromatic N) is 3. The number of hydrogen-bond donors (Lipinski definition) is 3. The van der Waals surface area contributed by atoms with Gasteiger partial charge in [0, 0.05) is 39.6 Å². The lowest BCUT2D eigenvalue weighted by Crippen LogP contribution is -2.33. The Labute approximate surface area is 223 Å². The number of carbonyl (C=O) groups is 1. The van der Waals surface area contributed by atoms with Crippen molar-refractivity contribution >= 4 is 33.1 Å². The highest BCUT2D eigenvalue weighted by molar-refractivity contribution is 7.89. The van der Waals surface area contributed by atoms with Gasteiger partial charge in [-0.2, -0.15) is 4.31 Å². The summed E-state index contributed by atoms with van der Waals surface area (Å²) in [5.41, 5.74) is 13.4. The second-order valence-corrected chi connectivity index (χ2v) is 11.9. The van der Waals surface area contributed by atoms with Crippen LogP contribution in [-0.4, -0.2) is 51.0 Å². The van der Waals surface area contributed by atoms with Gasteiger partial charge < -0.3 is 15.4 Å². The molecule has 3 aromatic carbocycles. The first-order valence-electron chi connectivity index (χ1n) is 12.6. The molecule has 3 aromatic rings. The van der Waals surface area contributed by atoms with Gasteiger partial charge in [-0.1, -0.05) is 36.4 Å². The summed E-state index contributed by atoms with van der Waals surface area (Å²) in [6, 6.07) is 16.9. The highest BCUT2D eigenvalue weighted by atomic mass is 32.2. The van der Waals surface area contributed by atoms with Crippen LogP contribution in [0.15, 0.2) is 59.5 Å². The van der Waals surface area contributed by atoms with Gasteiger partial charge in [0.25, 0.3) is 0 Å². The Morgan fingerprint density at radius 1 is 1.03 bits per heavy atom. The van der Waals surface area contributed by atoms with Crippen molar-refractivity contribution in [3.63, 3.8) is 0 Å². The van der Waals surface area contributed by atoms with Crippen LogP contribution in [0, 0.1) is 13.8 Å². The van der Waals surface area contributed by atoms with Crippen LogP contribution in [0.3, 0.4) is 0 Å². The van der Waals surface area contributed by atoms with Gasteiger partial charge in [0.1, 0.15) is 4.90 Å². The molecule has 0 fully saturated rings. The molecule has 9 nitrogen and oxygen atoms in total. The smallest absolute Gasteiger partial charge is 0.304 e. The SMILES string of the molecule is Cc1ccc(C(CC(=O)O)c2ccc3c(c2C)NNN3C)cc1CN1CCN(C)c2ccccc2S1(=O)=O. The Morgan fingerprint density at radius 2 is 1.79 bits per heavy atom. The summed E-state index contributed by atoms with van der Waals surface area (Å²) in [6.45, 7) is 5.08. The van der Waals surface area contributed by atoms with E-state index in [-0.39, 0.29) is 13.0 Å². The predicted octanol–water partition coefficient (Wildman–Crippen LogP) is 3.83. The number of nitrogens with one attached hydrogen (secondary N) is 2. The number of aliphatic carboxylic acids is 1. The molecule has 2 aliphatic heterocycles. The summed E-state index contributed by atoms with van der Waals surface area (Å²) in [5, 5.41) is 11.7. The van der Waals surface area contributed by atoms with Crippen LogP contribution in [0.4, 0.5) is 17.1 Å². The van der Waals surface area contributed by atoms with Crippen LogP contribution in [0.25, 0.3) is 0 Å². The minimum atomic E-state index is -3.71. The second kappa shape index (κ2) is 9.94. The molecule has 1 atom stereocenters. The molecule has 0 bridgehead atoms. The van der Waals surface area contributed by atoms with Gasteiger partial charge in [-0.25, -0.2) is 8.42 Å². The lowest BCUT2D eigenvalue weighted by Gasteiger charge is -2.24. The summed E-state index contributed by atoms with van der Waals surface area (Å²) in [4.78, 5) is 14.2. The Hall–Kier alpha value is -3.60. The van der Waals surface area contributed by atoms with E-state index < -0.39 is 21.9 Å². The number of carboxylic acids is 1. The molecule has 200 valence electrons. The lowest BCUT2D eigenvalue weighted by atomic mass is 9.84. The maximum absolute atomic E-state index is 13.7. The minimum Gasteiger partial charge on any atom is -0.481 e. The predicted molar refractivity (Wildman–Crippen MR) is 149 cm³/mol. The van der Waals surface area contributed by atoms with Crippen LogP contribution >= 0.6 is 0 Å². The summed E-state index contributed by atoms with van der Waals surface area (Å²) in [6.07, 6.45) is -0.0778. The molecule has 2 aliphatic rings. The number of anilines is 3. The van der Waals surface area contributed by atoms with Crippen molar-refractivity contribution in [2.24, 2.45) is 0 Å². The standard InChI is InChI=1S/C28H33N5O4S/c1-18-9-10-20(23(16-27(34)35)22-11-12-25-28(19(22)2)29-30-32(25)4)15-21(18)17-33-14-13-31(3)24-7-5-6-8-26(24)38(33,36)37/h5-12,15,23,29-30H,13-14,16-17H2,1-4H3,(H,34,35). The van der Waals surface area contributed by atoms with Gasteiger partial charge in [0.15, 0.2) is 0 Å². The molecule has 0 spiro atoms. The van der Waals surface area contributed by atoms with E-state index in [0.29, 0.717) is 23.7 Å². The van der Waals surface area contributed by atoms with Gasteiger partial charge >= 0.3 is 5.97 Å². The van der Waals surface area contributed by atoms with E-state index in [1.54, 1.807) is 12.1 Å². The zero-order valence-electron chi connectivity index (χ0n) is 22.0. The van der Waals surface area contributed by atoms with Gasteiger partial charge in [0.2, 0.25) is 10.0 Å². The number of fused-ring (bicyclic) bond motifs is 2. The van der Waals surface area contributed by atoms with Gasteiger partial charge in [-0.15, -0.1) is 5.53 Å². The quantitative estimate of drug-likeness (QED) is 0.438. The van der Waals surface area contributed by atoms with Crippen molar-refractivity contribution in [1.29, 1.82) is 0 Å². The maximum Gasteiger partial charge on any atom is 0.304 e. The zero-order chi connectivity index (χ0) is 27.2. The lowest BCUT2D eigenvalue weighted by molar-refractivity contribution is -0.137. The fourth-order valence-corrected chi connectivity index (χ4v) is 7.02. The number of hydrogen-bond acceptors (Lipinski definition) is 7. The normalized spacial score (nSPS) is 17.4. The molecule has 2 heterocycles. The third-order valence-electron chi connectivity index (χ3n) is 7.65. The van der Waals surface area contributed by atoms with E-state index in [1.165, 1.54) is 4.31 Å². The molecule has 0 amide bonds. The van der Waals surface area contributed by atoms with Crippen molar-refractivity contribution in [2.75, 3.05) is 42.5 Å². The number of benzene rings is 3. The van der Waals surface area contributed by atoms with Gasteiger partial charge in [-0.3, -0.25) is 9.80 Å². The van der Waals surface area contributed by atoms with E-state index in [2.05, 4.69) is 11.0 Å². The van der Waals surface area contributed by atoms with E-state index in [4.69, 9.17) is 0 Å². The van der Waals surface area contributed by atoms with Gasteiger partial charge in [0.05, 0.1) is 23.5 Å². The molecule has 3 N–H and O–H groups in total. The van der Waals surface area contributed by atoms with Crippen LogP contribution in [0.5, 0.6) is 0 Å². The average molecular weight is 536 g/mol. The number of rotatable bonds is 6. The van der Waals surface area contributed by atoms with Crippen molar-refractivity contribution < 1.29 is 18.3 Å². The van der Waals surface area contributed by atoms with Crippen LogP contribution in [0.2, 0.25) is 0 Å². The largest absolute Gasteiger partial charge is 0.481 e. The van der Waals surface area contributed by atoms with Gasteiger partial charge in [-0.05, 0) is 59.9 Å².